The van der Waals surface area contributed by atoms with Crippen LogP contribution < -0.4 is 14.2 Å². The molecule has 0 bridgehead atoms. The van der Waals surface area contributed by atoms with E-state index < -0.39 is 5.41 Å². The Morgan fingerprint density at radius 2 is 1.90 bits per heavy atom. The van der Waals surface area contributed by atoms with E-state index in [1.807, 2.05) is 49.4 Å². The molecule has 1 saturated carbocycles. The lowest BCUT2D eigenvalue weighted by Crippen LogP contribution is -2.22. The average Bonchev–Trinajstić information content (AvgIpc) is 3.44. The summed E-state index contributed by atoms with van der Waals surface area (Å²) in [5, 5.41) is 0. The maximum absolute atomic E-state index is 13.1. The number of rotatable bonds is 6. The van der Waals surface area contributed by atoms with Gasteiger partial charge >= 0.3 is 0 Å². The quantitative estimate of drug-likeness (QED) is 0.578. The molecule has 152 valence electrons. The number of Topliss-reactive ketones (excluding diaryl/α,β-unsaturated/α-hetero) is 1. The van der Waals surface area contributed by atoms with Crippen LogP contribution in [-0.2, 0) is 16.6 Å². The number of ether oxygens (including phenoxy) is 3. The highest BCUT2D eigenvalue weighted by atomic mass is 16.7. The lowest BCUT2D eigenvalue weighted by molar-refractivity contribution is -0.120. The predicted molar refractivity (Wildman–Crippen MR) is 112 cm³/mol. The van der Waals surface area contributed by atoms with Gasteiger partial charge in [-0.15, -0.1) is 0 Å². The van der Waals surface area contributed by atoms with Gasteiger partial charge in [0.2, 0.25) is 12.7 Å². The van der Waals surface area contributed by atoms with Crippen LogP contribution in [0.4, 0.5) is 0 Å². The summed E-state index contributed by atoms with van der Waals surface area (Å²) >= 11 is 0. The highest BCUT2D eigenvalue weighted by molar-refractivity contribution is 5.94. The molecule has 3 aromatic rings. The first kappa shape index (κ1) is 18.7. The fraction of sp³-hybridized carbons (Fsp3) is 0.280. The molecule has 2 heterocycles. The van der Waals surface area contributed by atoms with Gasteiger partial charge in [-0.05, 0) is 67.1 Å². The smallest absolute Gasteiger partial charge is 0.231 e. The zero-order chi connectivity index (χ0) is 20.7. The van der Waals surface area contributed by atoms with Gasteiger partial charge in [0.1, 0.15) is 11.5 Å². The Labute approximate surface area is 175 Å². The molecule has 5 rings (SSSR count). The van der Waals surface area contributed by atoms with Crippen molar-refractivity contribution in [2.24, 2.45) is 0 Å². The number of hydrogen-bond acceptors (Lipinski definition) is 5. The fourth-order valence-corrected chi connectivity index (χ4v) is 3.93. The number of carbonyl (C=O) groups is 1. The average molecular weight is 401 g/mol. The Morgan fingerprint density at radius 1 is 1.07 bits per heavy atom. The number of aromatic nitrogens is 1. The predicted octanol–water partition coefficient (Wildman–Crippen LogP) is 5.06. The molecule has 30 heavy (non-hydrogen) atoms. The highest BCUT2D eigenvalue weighted by Crippen LogP contribution is 2.51. The number of fused-ring (bicyclic) bond motifs is 1. The lowest BCUT2D eigenvalue weighted by Gasteiger charge is -2.15. The minimum Gasteiger partial charge on any atom is -0.454 e. The minimum absolute atomic E-state index is 0.214. The number of aryl methyl sites for hydroxylation is 1. The normalized spacial score (nSPS) is 15.7. The molecule has 2 aromatic carbocycles. The summed E-state index contributed by atoms with van der Waals surface area (Å²) in [6.45, 7) is 4.32. The van der Waals surface area contributed by atoms with Crippen LogP contribution >= 0.6 is 0 Å². The summed E-state index contributed by atoms with van der Waals surface area (Å²) in [5.41, 5.74) is 3.76. The van der Waals surface area contributed by atoms with E-state index >= 15 is 0 Å². The first-order chi connectivity index (χ1) is 14.5. The third kappa shape index (κ3) is 3.30. The van der Waals surface area contributed by atoms with Crippen molar-refractivity contribution in [1.82, 2.24) is 4.98 Å². The van der Waals surface area contributed by atoms with Gasteiger partial charge in [-0.25, -0.2) is 4.98 Å². The maximum Gasteiger partial charge on any atom is 0.231 e. The molecular weight excluding hydrogens is 378 g/mol. The summed E-state index contributed by atoms with van der Waals surface area (Å²) in [5.74, 6) is 3.00. The zero-order valence-electron chi connectivity index (χ0n) is 17.1. The van der Waals surface area contributed by atoms with Crippen molar-refractivity contribution in [1.29, 1.82) is 0 Å². The van der Waals surface area contributed by atoms with Gasteiger partial charge in [0.15, 0.2) is 11.5 Å². The molecule has 1 aliphatic carbocycles. The molecular formula is C25H23NO4. The zero-order valence-corrected chi connectivity index (χ0v) is 17.1. The number of hydrogen-bond donors (Lipinski definition) is 0. The SMILES string of the molecule is Cc1cccc(Oc2ccc(CC(=O)C3(c4ccc5c(c4)OCO5)CC3)cn2)c1C. The van der Waals surface area contributed by atoms with E-state index in [0.29, 0.717) is 12.3 Å². The van der Waals surface area contributed by atoms with Crippen LogP contribution in [0.2, 0.25) is 0 Å². The molecule has 0 unspecified atom stereocenters. The second-order valence-corrected chi connectivity index (χ2v) is 8.05. The van der Waals surface area contributed by atoms with Crippen LogP contribution in [0.15, 0.2) is 54.7 Å². The van der Waals surface area contributed by atoms with Gasteiger partial charge in [0.25, 0.3) is 0 Å². The standard InChI is InChI=1S/C25H23NO4/c1-16-4-3-5-20(17(16)2)30-24-9-6-18(14-26-24)12-23(27)25(10-11-25)19-7-8-21-22(13-19)29-15-28-21/h3-9,13-14H,10-12,15H2,1-2H3. The molecule has 0 saturated heterocycles. The summed E-state index contributed by atoms with van der Waals surface area (Å²) in [6, 6.07) is 15.5. The van der Waals surface area contributed by atoms with Gasteiger partial charge < -0.3 is 14.2 Å². The van der Waals surface area contributed by atoms with Crippen molar-refractivity contribution in [2.45, 2.75) is 38.5 Å². The third-order valence-corrected chi connectivity index (χ3v) is 6.14. The molecule has 2 aliphatic rings. The van der Waals surface area contributed by atoms with E-state index in [1.54, 1.807) is 6.20 Å². The van der Waals surface area contributed by atoms with Crippen LogP contribution in [0.1, 0.15) is 35.1 Å². The number of carbonyl (C=O) groups excluding carboxylic acids is 1. The summed E-state index contributed by atoms with van der Waals surface area (Å²) in [7, 11) is 0. The first-order valence-electron chi connectivity index (χ1n) is 10.2. The lowest BCUT2D eigenvalue weighted by atomic mass is 9.88. The van der Waals surface area contributed by atoms with E-state index in [2.05, 4.69) is 18.0 Å². The van der Waals surface area contributed by atoms with Crippen LogP contribution in [0, 0.1) is 13.8 Å². The monoisotopic (exact) mass is 401 g/mol. The highest BCUT2D eigenvalue weighted by Gasteiger charge is 2.50. The minimum atomic E-state index is -0.408. The largest absolute Gasteiger partial charge is 0.454 e. The van der Waals surface area contributed by atoms with E-state index in [0.717, 1.165) is 46.8 Å². The maximum atomic E-state index is 13.1. The van der Waals surface area contributed by atoms with E-state index in [-0.39, 0.29) is 12.6 Å². The van der Waals surface area contributed by atoms with Gasteiger partial charge in [0.05, 0.1) is 5.41 Å². The summed E-state index contributed by atoms with van der Waals surface area (Å²) in [4.78, 5) is 17.5. The summed E-state index contributed by atoms with van der Waals surface area (Å²) in [6.07, 6.45) is 3.82. The van der Waals surface area contributed by atoms with Crippen molar-refractivity contribution in [3.05, 3.63) is 77.0 Å². The fourth-order valence-electron chi connectivity index (χ4n) is 3.93. The number of benzene rings is 2. The second kappa shape index (κ2) is 7.17. The Bertz CT molecular complexity index is 1120. The van der Waals surface area contributed by atoms with E-state index in [1.165, 1.54) is 5.56 Å². The molecule has 0 N–H and O–H groups in total. The molecule has 0 amide bonds. The van der Waals surface area contributed by atoms with Crippen LogP contribution in [0.25, 0.3) is 0 Å². The van der Waals surface area contributed by atoms with Gasteiger partial charge in [0, 0.05) is 18.7 Å². The number of nitrogens with zero attached hydrogens (tertiary/aromatic N) is 1. The van der Waals surface area contributed by atoms with Crippen LogP contribution in [-0.4, -0.2) is 17.6 Å². The van der Waals surface area contributed by atoms with Crippen molar-refractivity contribution < 1.29 is 19.0 Å². The number of pyridine rings is 1. The Balaban J connectivity index is 1.29. The van der Waals surface area contributed by atoms with Crippen molar-refractivity contribution in [3.8, 4) is 23.1 Å². The number of ketones is 1. The third-order valence-electron chi connectivity index (χ3n) is 6.14. The summed E-state index contributed by atoms with van der Waals surface area (Å²) < 4.78 is 16.8. The topological polar surface area (TPSA) is 57.7 Å². The van der Waals surface area contributed by atoms with Gasteiger partial charge in [-0.1, -0.05) is 24.3 Å². The Morgan fingerprint density at radius 3 is 2.67 bits per heavy atom. The van der Waals surface area contributed by atoms with Crippen molar-refractivity contribution >= 4 is 5.78 Å². The van der Waals surface area contributed by atoms with Crippen LogP contribution in [0.3, 0.4) is 0 Å². The molecule has 0 atom stereocenters. The molecule has 0 spiro atoms. The molecule has 0 radical (unpaired) electrons. The first-order valence-corrected chi connectivity index (χ1v) is 10.2. The second-order valence-electron chi connectivity index (χ2n) is 8.05. The van der Waals surface area contributed by atoms with Crippen molar-refractivity contribution in [3.63, 3.8) is 0 Å². The van der Waals surface area contributed by atoms with E-state index in [4.69, 9.17) is 14.2 Å². The van der Waals surface area contributed by atoms with Crippen LogP contribution in [0.5, 0.6) is 23.1 Å². The molecule has 1 aliphatic heterocycles. The van der Waals surface area contributed by atoms with Crippen molar-refractivity contribution in [2.75, 3.05) is 6.79 Å². The van der Waals surface area contributed by atoms with Gasteiger partial charge in [-0.3, -0.25) is 4.79 Å². The molecule has 5 nitrogen and oxygen atoms in total. The van der Waals surface area contributed by atoms with Gasteiger partial charge in [-0.2, -0.15) is 0 Å². The van der Waals surface area contributed by atoms with E-state index in [9.17, 15) is 4.79 Å². The Hall–Kier alpha value is -3.34. The Kier molecular flexibility index (Phi) is 4.46. The molecule has 1 fully saturated rings. The molecule has 1 aromatic heterocycles. The molecule has 5 heteroatoms.